The second kappa shape index (κ2) is 7.80. The van der Waals surface area contributed by atoms with E-state index < -0.39 is 17.9 Å². The molecule has 9 heteroatoms. The molecule has 6 nitrogen and oxygen atoms in total. The number of alkyl halides is 2. The van der Waals surface area contributed by atoms with Crippen molar-refractivity contribution in [1.82, 2.24) is 4.98 Å². The van der Waals surface area contributed by atoms with Crippen LogP contribution in [0.15, 0.2) is 68.6 Å². The van der Waals surface area contributed by atoms with Gasteiger partial charge in [-0.15, -0.1) is 11.3 Å². The fourth-order valence-corrected chi connectivity index (χ4v) is 3.32. The molecule has 2 aromatic heterocycles. The first-order valence-electron chi connectivity index (χ1n) is 8.33. The molecule has 1 N–H and O–H groups in total. The maximum atomic E-state index is 12.7. The largest absolute Gasteiger partial charge is 0.453 e. The lowest BCUT2D eigenvalue weighted by Gasteiger charge is -2.12. The van der Waals surface area contributed by atoms with Gasteiger partial charge in [-0.3, -0.25) is 9.59 Å². The highest BCUT2D eigenvalue weighted by molar-refractivity contribution is 7.07. The van der Waals surface area contributed by atoms with Crippen LogP contribution in [0, 0.1) is 0 Å². The van der Waals surface area contributed by atoms with Crippen LogP contribution in [0.4, 0.5) is 14.5 Å². The van der Waals surface area contributed by atoms with Gasteiger partial charge in [0.15, 0.2) is 11.0 Å². The van der Waals surface area contributed by atoms with Gasteiger partial charge in [0.05, 0.1) is 22.1 Å². The number of benzene rings is 2. The molecule has 0 spiro atoms. The molecule has 1 amide bonds. The number of hydrogen-bond acceptors (Lipinski definition) is 6. The van der Waals surface area contributed by atoms with Crippen molar-refractivity contribution in [3.63, 3.8) is 0 Å². The topological polar surface area (TPSA) is 81.4 Å². The predicted molar refractivity (Wildman–Crippen MR) is 105 cm³/mol. The Kier molecular flexibility index (Phi) is 5.05. The van der Waals surface area contributed by atoms with E-state index >= 15 is 0 Å². The third-order valence-corrected chi connectivity index (χ3v) is 4.62. The van der Waals surface area contributed by atoms with E-state index in [-0.39, 0.29) is 39.4 Å². The van der Waals surface area contributed by atoms with E-state index in [1.807, 2.05) is 0 Å². The number of para-hydroxylation sites is 2. The van der Waals surface area contributed by atoms with Crippen LogP contribution in [0.2, 0.25) is 0 Å². The van der Waals surface area contributed by atoms with Crippen molar-refractivity contribution in [2.75, 3.05) is 5.32 Å². The first kappa shape index (κ1) is 18.8. The summed E-state index contributed by atoms with van der Waals surface area (Å²) in [5.74, 6) is -0.559. The zero-order valence-electron chi connectivity index (χ0n) is 14.6. The van der Waals surface area contributed by atoms with Crippen molar-refractivity contribution in [3.05, 3.63) is 75.3 Å². The molecule has 4 rings (SSSR count). The van der Waals surface area contributed by atoms with E-state index in [2.05, 4.69) is 15.0 Å². The van der Waals surface area contributed by atoms with Gasteiger partial charge >= 0.3 is 6.61 Å². The number of anilines is 1. The van der Waals surface area contributed by atoms with E-state index in [9.17, 15) is 18.4 Å². The molecule has 4 aromatic rings. The lowest BCUT2D eigenvalue weighted by Crippen LogP contribution is -2.13. The number of nitrogens with one attached hydrogen (secondary N) is 1. The number of halogens is 2. The van der Waals surface area contributed by atoms with Gasteiger partial charge < -0.3 is 14.5 Å². The number of amides is 1. The summed E-state index contributed by atoms with van der Waals surface area (Å²) in [5, 5.41) is 4.48. The molecular formula is C20H12F2N2O4S. The third kappa shape index (κ3) is 3.85. The van der Waals surface area contributed by atoms with Crippen LogP contribution in [0.5, 0.6) is 5.75 Å². The fourth-order valence-electron chi connectivity index (χ4n) is 2.79. The highest BCUT2D eigenvalue weighted by Gasteiger charge is 2.17. The maximum Gasteiger partial charge on any atom is 0.387 e. The Bertz CT molecular complexity index is 1240. The first-order chi connectivity index (χ1) is 14.0. The normalized spacial score (nSPS) is 11.0. The number of fused-ring (bicyclic) bond motifs is 1. The molecule has 0 saturated carbocycles. The third-order valence-electron chi connectivity index (χ3n) is 4.04. The Labute approximate surface area is 166 Å². The van der Waals surface area contributed by atoms with E-state index in [1.54, 1.807) is 29.6 Å². The summed E-state index contributed by atoms with van der Waals surface area (Å²) in [4.78, 5) is 28.9. The Morgan fingerprint density at radius 3 is 2.76 bits per heavy atom. The summed E-state index contributed by atoms with van der Waals surface area (Å²) >= 11 is 1.27. The second-order valence-electron chi connectivity index (χ2n) is 5.86. The standard InChI is InChI=1S/C20H12F2N2O4S/c21-20(22)28-16-7-2-1-4-12(16)17-8-15(25)11-5-3-6-13(18(11)27-17)24-19(26)14-9-29-10-23-14/h1-10,20H,(H,24,26). The zero-order valence-corrected chi connectivity index (χ0v) is 15.4. The molecule has 0 unspecified atom stereocenters. The number of carbonyl (C=O) groups excluding carboxylic acids is 1. The molecule has 0 atom stereocenters. The number of hydrogen-bond donors (Lipinski definition) is 1. The van der Waals surface area contributed by atoms with Gasteiger partial charge in [0.25, 0.3) is 5.91 Å². The molecule has 146 valence electrons. The summed E-state index contributed by atoms with van der Waals surface area (Å²) < 4.78 is 35.8. The molecule has 29 heavy (non-hydrogen) atoms. The molecule has 0 fully saturated rings. The Morgan fingerprint density at radius 2 is 2.00 bits per heavy atom. The van der Waals surface area contributed by atoms with Gasteiger partial charge in [-0.1, -0.05) is 18.2 Å². The van der Waals surface area contributed by atoms with Gasteiger partial charge in [0.1, 0.15) is 17.2 Å². The molecule has 0 bridgehead atoms. The lowest BCUT2D eigenvalue weighted by molar-refractivity contribution is -0.0495. The van der Waals surface area contributed by atoms with Crippen molar-refractivity contribution in [3.8, 4) is 17.1 Å². The van der Waals surface area contributed by atoms with Crippen LogP contribution in [-0.4, -0.2) is 17.5 Å². The minimum Gasteiger partial charge on any atom is -0.453 e. The van der Waals surface area contributed by atoms with E-state index in [0.29, 0.717) is 0 Å². The van der Waals surface area contributed by atoms with Gasteiger partial charge in [0.2, 0.25) is 0 Å². The van der Waals surface area contributed by atoms with Crippen LogP contribution in [-0.2, 0) is 0 Å². The molecule has 2 aromatic carbocycles. The van der Waals surface area contributed by atoms with Crippen LogP contribution in [0.1, 0.15) is 10.5 Å². The Morgan fingerprint density at radius 1 is 1.17 bits per heavy atom. The average molecular weight is 414 g/mol. The van der Waals surface area contributed by atoms with Gasteiger partial charge in [-0.2, -0.15) is 8.78 Å². The first-order valence-corrected chi connectivity index (χ1v) is 9.28. The summed E-state index contributed by atoms with van der Waals surface area (Å²) in [7, 11) is 0. The molecule has 0 aliphatic carbocycles. The summed E-state index contributed by atoms with van der Waals surface area (Å²) in [5.41, 5.74) is 1.92. The van der Waals surface area contributed by atoms with Crippen molar-refractivity contribution in [2.24, 2.45) is 0 Å². The molecular weight excluding hydrogens is 402 g/mol. The lowest BCUT2D eigenvalue weighted by atomic mass is 10.1. The highest BCUT2D eigenvalue weighted by atomic mass is 32.1. The summed E-state index contributed by atoms with van der Waals surface area (Å²) in [6, 6.07) is 11.9. The van der Waals surface area contributed by atoms with Crippen molar-refractivity contribution in [1.29, 1.82) is 0 Å². The van der Waals surface area contributed by atoms with Gasteiger partial charge in [0, 0.05) is 11.4 Å². The number of aromatic nitrogens is 1. The van der Waals surface area contributed by atoms with Gasteiger partial charge in [-0.25, -0.2) is 4.98 Å². The quantitative estimate of drug-likeness (QED) is 0.509. The zero-order chi connectivity index (χ0) is 20.4. The number of rotatable bonds is 5. The fraction of sp³-hybridized carbons (Fsp3) is 0.0500. The summed E-state index contributed by atoms with van der Waals surface area (Å²) in [6.07, 6.45) is 0. The Balaban J connectivity index is 1.83. The minimum atomic E-state index is -3.03. The highest BCUT2D eigenvalue weighted by Crippen LogP contribution is 2.33. The number of carbonyl (C=O) groups is 1. The number of thiazole rings is 1. The van der Waals surface area contributed by atoms with Crippen LogP contribution in [0.25, 0.3) is 22.3 Å². The van der Waals surface area contributed by atoms with Gasteiger partial charge in [-0.05, 0) is 24.3 Å². The van der Waals surface area contributed by atoms with Crippen LogP contribution in [0.3, 0.4) is 0 Å². The summed E-state index contributed by atoms with van der Waals surface area (Å²) in [6.45, 7) is -3.03. The molecule has 0 radical (unpaired) electrons. The number of nitrogens with zero attached hydrogens (tertiary/aromatic N) is 1. The average Bonchev–Trinajstić information content (AvgIpc) is 3.23. The van der Waals surface area contributed by atoms with Crippen molar-refractivity contribution in [2.45, 2.75) is 6.61 Å². The second-order valence-corrected chi connectivity index (χ2v) is 6.58. The maximum absolute atomic E-state index is 12.7. The Hall–Kier alpha value is -3.59. The monoisotopic (exact) mass is 414 g/mol. The number of ether oxygens (including phenoxy) is 1. The molecule has 2 heterocycles. The molecule has 0 aliphatic heterocycles. The van der Waals surface area contributed by atoms with E-state index in [0.717, 1.165) is 0 Å². The van der Waals surface area contributed by atoms with E-state index in [4.69, 9.17) is 4.42 Å². The van der Waals surface area contributed by atoms with Crippen molar-refractivity contribution < 1.29 is 22.7 Å². The van der Waals surface area contributed by atoms with E-state index in [1.165, 1.54) is 41.1 Å². The van der Waals surface area contributed by atoms with Crippen LogP contribution >= 0.6 is 11.3 Å². The SMILES string of the molecule is O=C(Nc1cccc2c(=O)cc(-c3ccccc3OC(F)F)oc12)c1cscn1. The minimum absolute atomic E-state index is 0.0362. The predicted octanol–water partition coefficient (Wildman–Crippen LogP) is 4.77. The van der Waals surface area contributed by atoms with Crippen LogP contribution < -0.4 is 15.5 Å². The smallest absolute Gasteiger partial charge is 0.387 e. The van der Waals surface area contributed by atoms with Crippen molar-refractivity contribution >= 4 is 33.9 Å². The molecule has 0 saturated heterocycles. The molecule has 0 aliphatic rings.